The van der Waals surface area contributed by atoms with Crippen LogP contribution in [0.3, 0.4) is 0 Å². The highest BCUT2D eigenvalue weighted by Gasteiger charge is 2.43. The minimum Gasteiger partial charge on any atom is -0.344 e. The van der Waals surface area contributed by atoms with Gasteiger partial charge in [0.25, 0.3) is 0 Å². The summed E-state index contributed by atoms with van der Waals surface area (Å²) in [6.45, 7) is 12.7. The molecule has 0 fully saturated rings. The molecule has 3 aliphatic rings. The molecule has 2 aliphatic heterocycles. The lowest BCUT2D eigenvalue weighted by Gasteiger charge is -2.27. The zero-order valence-electron chi connectivity index (χ0n) is 29.6. The van der Waals surface area contributed by atoms with Gasteiger partial charge in [0.15, 0.2) is 5.71 Å². The van der Waals surface area contributed by atoms with Gasteiger partial charge in [-0.2, -0.15) is 9.26 Å². The van der Waals surface area contributed by atoms with E-state index in [0.717, 1.165) is 43.1 Å². The van der Waals surface area contributed by atoms with Crippen LogP contribution >= 0.6 is 11.8 Å². The Balaban J connectivity index is 1.33. The highest BCUT2D eigenvalue weighted by atomic mass is 32.2. The normalized spacial score (nSPS) is 19.8. The van der Waals surface area contributed by atoms with Gasteiger partial charge in [-0.25, -0.2) is 0 Å². The van der Waals surface area contributed by atoms with Crippen LogP contribution in [0.5, 0.6) is 0 Å². The number of rotatable bonds is 9. The van der Waals surface area contributed by atoms with Crippen molar-refractivity contribution < 1.29 is 4.58 Å². The van der Waals surface area contributed by atoms with Gasteiger partial charge >= 0.3 is 0 Å². The van der Waals surface area contributed by atoms with E-state index < -0.39 is 0 Å². The van der Waals surface area contributed by atoms with Crippen LogP contribution in [0.15, 0.2) is 130 Å². The van der Waals surface area contributed by atoms with E-state index in [1.54, 1.807) is 11.8 Å². The Labute approximate surface area is 295 Å². The van der Waals surface area contributed by atoms with E-state index in [1.165, 1.54) is 56.4 Å². The highest BCUT2D eigenvalue weighted by molar-refractivity contribution is 8.03. The van der Waals surface area contributed by atoms with Gasteiger partial charge in [0.05, 0.1) is 11.1 Å². The molecule has 0 radical (unpaired) electrons. The van der Waals surface area contributed by atoms with Gasteiger partial charge in [-0.05, 0) is 103 Å². The summed E-state index contributed by atoms with van der Waals surface area (Å²) in [5.41, 5.74) is 11.5. The van der Waals surface area contributed by atoms with E-state index >= 15 is 0 Å². The number of para-hydroxylation sites is 3. The molecule has 0 spiro atoms. The molecule has 0 bridgehead atoms. The lowest BCUT2D eigenvalue weighted by molar-refractivity contribution is -0.401. The molecule has 49 heavy (non-hydrogen) atoms. The predicted octanol–water partition coefficient (Wildman–Crippen LogP) is 9.86. The number of anilines is 1. The van der Waals surface area contributed by atoms with Gasteiger partial charge in [0.1, 0.15) is 7.05 Å². The first-order valence-electron chi connectivity index (χ1n) is 17.6. The summed E-state index contributed by atoms with van der Waals surface area (Å²) < 4.78 is 4.20. The van der Waals surface area contributed by atoms with Crippen molar-refractivity contribution in [1.82, 2.24) is 20.2 Å². The van der Waals surface area contributed by atoms with E-state index in [-0.39, 0.29) is 10.8 Å². The van der Waals surface area contributed by atoms with Crippen molar-refractivity contribution in [3.63, 3.8) is 0 Å². The summed E-state index contributed by atoms with van der Waals surface area (Å²) in [6, 6.07) is 27.9. The third-order valence-corrected chi connectivity index (χ3v) is 11.6. The summed E-state index contributed by atoms with van der Waals surface area (Å²) >= 11 is 1.69. The zero-order chi connectivity index (χ0) is 34.2. The van der Waals surface area contributed by atoms with Crippen molar-refractivity contribution in [3.8, 4) is 5.69 Å². The third-order valence-electron chi connectivity index (χ3n) is 10.5. The van der Waals surface area contributed by atoms with Crippen LogP contribution in [0.4, 0.5) is 11.4 Å². The molecule has 0 atom stereocenters. The smallest absolute Gasteiger partial charge is 0.218 e. The zero-order valence-corrected chi connectivity index (χ0v) is 30.5. The van der Waals surface area contributed by atoms with Gasteiger partial charge in [-0.3, -0.25) is 0 Å². The van der Waals surface area contributed by atoms with Gasteiger partial charge in [-0.1, -0.05) is 93.9 Å². The second kappa shape index (κ2) is 13.4. The topological polar surface area (TPSA) is 49.9 Å². The van der Waals surface area contributed by atoms with Crippen LogP contribution in [0.25, 0.3) is 5.69 Å². The van der Waals surface area contributed by atoms with Crippen LogP contribution in [-0.2, 0) is 10.8 Å². The number of aromatic nitrogens is 4. The molecule has 3 heterocycles. The van der Waals surface area contributed by atoms with Gasteiger partial charge < -0.3 is 4.90 Å². The molecule has 7 rings (SSSR count). The number of fused-ring (bicyclic) bond motifs is 2. The van der Waals surface area contributed by atoms with Crippen molar-refractivity contribution in [1.29, 1.82) is 0 Å². The van der Waals surface area contributed by atoms with Crippen LogP contribution < -0.4 is 4.90 Å². The maximum atomic E-state index is 4.53. The quantitative estimate of drug-likeness (QED) is 0.166. The summed E-state index contributed by atoms with van der Waals surface area (Å²) in [7, 11) is 2.19. The van der Waals surface area contributed by atoms with E-state index in [0.29, 0.717) is 0 Å². The van der Waals surface area contributed by atoms with Crippen LogP contribution in [0.2, 0.25) is 0 Å². The molecule has 250 valence electrons. The fraction of sp³-hybridized carbons (Fsp3) is 0.333. The van der Waals surface area contributed by atoms with E-state index in [2.05, 4.69) is 152 Å². The molecule has 0 saturated carbocycles. The number of benzene rings is 3. The molecule has 0 unspecified atom stereocenters. The lowest BCUT2D eigenvalue weighted by atomic mass is 9.81. The Morgan fingerprint density at radius 1 is 0.837 bits per heavy atom. The van der Waals surface area contributed by atoms with Crippen LogP contribution in [-0.4, -0.2) is 44.1 Å². The van der Waals surface area contributed by atoms with E-state index in [4.69, 9.17) is 0 Å². The van der Waals surface area contributed by atoms with E-state index in [9.17, 15) is 0 Å². The molecule has 4 aromatic rings. The average Bonchev–Trinajstić information content (AvgIpc) is 3.72. The first-order valence-corrected chi connectivity index (χ1v) is 18.5. The Morgan fingerprint density at radius 3 is 2.35 bits per heavy atom. The molecular weight excluding hydrogens is 621 g/mol. The largest absolute Gasteiger partial charge is 0.344 e. The summed E-state index contributed by atoms with van der Waals surface area (Å²) in [5.74, 6) is 0. The Hall–Kier alpha value is -4.49. The minimum absolute atomic E-state index is 0.0858. The van der Waals surface area contributed by atoms with Crippen LogP contribution in [0.1, 0.15) is 77.8 Å². The van der Waals surface area contributed by atoms with Crippen molar-refractivity contribution in [2.24, 2.45) is 0 Å². The lowest BCUT2D eigenvalue weighted by Crippen LogP contribution is -2.27. The second-order valence-electron chi connectivity index (χ2n) is 14.3. The SMILES string of the molecule is CCCCN1C(=CC=C2CCCC(C=CC3=[N+](C)c4ccccc4C3(C)C)=C2Sc2nnnn2-c2ccccc2)C(C)(C)c2ccccc21. The van der Waals surface area contributed by atoms with Gasteiger partial charge in [-0.15, -0.1) is 5.10 Å². The number of hydrogen-bond donors (Lipinski definition) is 0. The first-order chi connectivity index (χ1) is 23.7. The maximum Gasteiger partial charge on any atom is 0.218 e. The van der Waals surface area contributed by atoms with Crippen molar-refractivity contribution in [2.75, 3.05) is 18.5 Å². The fourth-order valence-electron chi connectivity index (χ4n) is 7.78. The monoisotopic (exact) mass is 667 g/mol. The summed E-state index contributed by atoms with van der Waals surface area (Å²) in [6.07, 6.45) is 14.9. The number of unbranched alkanes of at least 4 members (excludes halogenated alkanes) is 1. The number of hydrogen-bond acceptors (Lipinski definition) is 5. The summed E-state index contributed by atoms with van der Waals surface area (Å²) in [4.78, 5) is 3.80. The van der Waals surface area contributed by atoms with E-state index in [1.807, 2.05) is 22.9 Å². The molecule has 7 heteroatoms. The number of nitrogens with zero attached hydrogens (tertiary/aromatic N) is 6. The minimum atomic E-state index is -0.0874. The molecule has 3 aromatic carbocycles. The molecule has 0 saturated heterocycles. The highest BCUT2D eigenvalue weighted by Crippen LogP contribution is 2.48. The van der Waals surface area contributed by atoms with Crippen LogP contribution in [0, 0.1) is 0 Å². The molecule has 1 aliphatic carbocycles. The molecule has 0 amide bonds. The number of tetrazole rings is 1. The number of thioether (sulfide) groups is 1. The Bertz CT molecular complexity index is 2020. The summed E-state index contributed by atoms with van der Waals surface area (Å²) in [5, 5.41) is 13.8. The molecular formula is C42H47N6S+. The molecule has 6 nitrogen and oxygen atoms in total. The third kappa shape index (κ3) is 6.03. The Kier molecular flexibility index (Phi) is 9.05. The standard InChI is InChI=1S/C42H47N6S/c1-7-8-29-47-36-24-15-13-22-34(36)42(4,5)38(47)28-26-31-18-16-17-30(25-27-37-41(2,3)33-21-12-14-23-35(33)46(37)6)39(31)49-40-43-44-45-48(40)32-19-10-9-11-20-32/h9-15,19-28H,7-8,16-18,29H2,1-6H3/q+1. The molecule has 1 aromatic heterocycles. The fourth-order valence-corrected chi connectivity index (χ4v) is 8.87. The molecule has 0 N–H and O–H groups in total. The average molecular weight is 668 g/mol. The van der Waals surface area contributed by atoms with Crippen molar-refractivity contribution in [3.05, 3.63) is 136 Å². The second-order valence-corrected chi connectivity index (χ2v) is 15.3. The number of allylic oxidation sites excluding steroid dienone is 7. The van der Waals surface area contributed by atoms with Gasteiger partial charge in [0, 0.05) is 46.0 Å². The Morgan fingerprint density at radius 2 is 1.57 bits per heavy atom. The van der Waals surface area contributed by atoms with Crippen molar-refractivity contribution in [2.45, 2.75) is 82.7 Å². The first kappa shape index (κ1) is 33.0. The van der Waals surface area contributed by atoms with Gasteiger partial charge in [0.2, 0.25) is 10.8 Å². The van der Waals surface area contributed by atoms with Crippen molar-refractivity contribution >= 4 is 28.8 Å². The predicted molar refractivity (Wildman–Crippen MR) is 203 cm³/mol. The maximum absolute atomic E-state index is 4.53.